The smallest absolute Gasteiger partial charge is 0.350 e. The van der Waals surface area contributed by atoms with E-state index >= 15 is 0 Å². The molecule has 7 nitrogen and oxygen atoms in total. The molecule has 2 aromatic carbocycles. The molecule has 0 unspecified atom stereocenters. The summed E-state index contributed by atoms with van der Waals surface area (Å²) in [4.78, 5) is 39.8. The molecule has 2 N–H and O–H groups in total. The summed E-state index contributed by atoms with van der Waals surface area (Å²) in [6.45, 7) is 0.462. The molecule has 1 fully saturated rings. The molecule has 0 spiro atoms. The van der Waals surface area contributed by atoms with Crippen LogP contribution in [0.5, 0.6) is 5.75 Å². The Morgan fingerprint density at radius 1 is 0.963 bits per heavy atom. The maximum atomic E-state index is 12.0. The number of ether oxygens (including phenoxy) is 1. The van der Waals surface area contributed by atoms with Crippen LogP contribution in [-0.4, -0.2) is 28.9 Å². The van der Waals surface area contributed by atoms with Gasteiger partial charge in [0, 0.05) is 12.8 Å². The first-order valence-electron chi connectivity index (χ1n) is 8.62. The van der Waals surface area contributed by atoms with Gasteiger partial charge in [-0.1, -0.05) is 42.5 Å². The normalized spacial score (nSPS) is 14.9. The molecule has 0 saturated carbocycles. The molecule has 1 atom stereocenters. The van der Waals surface area contributed by atoms with E-state index in [0.29, 0.717) is 17.4 Å². The highest BCUT2D eigenvalue weighted by molar-refractivity contribution is 6.01. The number of amides is 2. The Morgan fingerprint density at radius 2 is 1.59 bits per heavy atom. The van der Waals surface area contributed by atoms with Gasteiger partial charge in [0.25, 0.3) is 11.8 Å². The van der Waals surface area contributed by atoms with E-state index in [0.717, 1.165) is 11.1 Å². The van der Waals surface area contributed by atoms with Crippen LogP contribution in [0.4, 0.5) is 0 Å². The molecule has 3 rings (SSSR count). The molecule has 1 saturated heterocycles. The second kappa shape index (κ2) is 8.46. The molecular formula is C20H20N2O5. The summed E-state index contributed by atoms with van der Waals surface area (Å²) in [5.41, 5.74) is 7.71. The number of imide groups is 1. The van der Waals surface area contributed by atoms with E-state index in [4.69, 9.17) is 15.3 Å². The van der Waals surface area contributed by atoms with Gasteiger partial charge in [-0.15, -0.1) is 5.06 Å². The van der Waals surface area contributed by atoms with Crippen LogP contribution in [0.3, 0.4) is 0 Å². The van der Waals surface area contributed by atoms with Crippen LogP contribution in [0.2, 0.25) is 0 Å². The Morgan fingerprint density at radius 3 is 2.22 bits per heavy atom. The first-order chi connectivity index (χ1) is 13.0. The number of carbonyl (C=O) groups is 3. The zero-order chi connectivity index (χ0) is 19.2. The van der Waals surface area contributed by atoms with Crippen LogP contribution in [0.15, 0.2) is 54.6 Å². The van der Waals surface area contributed by atoms with E-state index < -0.39 is 23.8 Å². The lowest BCUT2D eigenvalue weighted by molar-refractivity contribution is -0.198. The SMILES string of the molecule is N[C@@H](Cc1ccc(OCc2ccccc2)cc1)C(=O)ON1C(=O)CCC1=O. The summed E-state index contributed by atoms with van der Waals surface area (Å²) in [6, 6.07) is 16.0. The standard InChI is InChI=1S/C20H20N2O5/c21-17(20(25)27-22-18(23)10-11-19(22)24)12-14-6-8-16(9-7-14)26-13-15-4-2-1-3-5-15/h1-9,17H,10-13,21H2/t17-/m0/s1. The largest absolute Gasteiger partial charge is 0.489 e. The monoisotopic (exact) mass is 368 g/mol. The van der Waals surface area contributed by atoms with Crippen LogP contribution < -0.4 is 10.5 Å². The van der Waals surface area contributed by atoms with E-state index in [9.17, 15) is 14.4 Å². The number of nitrogens with zero attached hydrogens (tertiary/aromatic N) is 1. The van der Waals surface area contributed by atoms with Crippen molar-refractivity contribution in [2.24, 2.45) is 5.73 Å². The van der Waals surface area contributed by atoms with Gasteiger partial charge in [0.05, 0.1) is 0 Å². The highest BCUT2D eigenvalue weighted by Crippen LogP contribution is 2.16. The lowest BCUT2D eigenvalue weighted by atomic mass is 10.1. The molecule has 1 aliphatic heterocycles. The lowest BCUT2D eigenvalue weighted by Crippen LogP contribution is -2.41. The molecule has 27 heavy (non-hydrogen) atoms. The second-order valence-corrected chi connectivity index (χ2v) is 6.22. The number of nitrogens with two attached hydrogens (primary N) is 1. The Labute approximate surface area is 156 Å². The quantitative estimate of drug-likeness (QED) is 0.748. The summed E-state index contributed by atoms with van der Waals surface area (Å²) < 4.78 is 5.71. The lowest BCUT2D eigenvalue weighted by Gasteiger charge is -2.16. The molecule has 7 heteroatoms. The van der Waals surface area contributed by atoms with Crippen molar-refractivity contribution in [2.45, 2.75) is 31.9 Å². The van der Waals surface area contributed by atoms with Crippen molar-refractivity contribution in [3.63, 3.8) is 0 Å². The maximum Gasteiger partial charge on any atom is 0.350 e. The highest BCUT2D eigenvalue weighted by atomic mass is 16.7. The summed E-state index contributed by atoms with van der Waals surface area (Å²) in [6.07, 6.45) is 0.311. The van der Waals surface area contributed by atoms with Gasteiger partial charge in [0.1, 0.15) is 18.4 Å². The number of hydroxylamine groups is 2. The van der Waals surface area contributed by atoms with Crippen molar-refractivity contribution in [1.29, 1.82) is 0 Å². The number of hydrogen-bond donors (Lipinski definition) is 1. The maximum absolute atomic E-state index is 12.0. The predicted octanol–water partition coefficient (Wildman–Crippen LogP) is 1.74. The minimum atomic E-state index is -0.984. The number of rotatable bonds is 7. The third kappa shape index (κ3) is 4.92. The average molecular weight is 368 g/mol. The number of benzene rings is 2. The molecule has 0 bridgehead atoms. The Kier molecular flexibility index (Phi) is 5.83. The zero-order valence-corrected chi connectivity index (χ0v) is 14.7. The van der Waals surface area contributed by atoms with E-state index in [1.54, 1.807) is 24.3 Å². The Bertz CT molecular complexity index is 804. The Balaban J connectivity index is 1.50. The average Bonchev–Trinajstić information content (AvgIpc) is 3.00. The topological polar surface area (TPSA) is 98.9 Å². The summed E-state index contributed by atoms with van der Waals surface area (Å²) >= 11 is 0. The third-order valence-electron chi connectivity index (χ3n) is 4.12. The molecule has 0 aromatic heterocycles. The van der Waals surface area contributed by atoms with Gasteiger partial charge in [-0.3, -0.25) is 9.59 Å². The fourth-order valence-electron chi connectivity index (χ4n) is 2.62. The summed E-state index contributed by atoms with van der Waals surface area (Å²) in [5.74, 6) is -1.17. The molecule has 0 radical (unpaired) electrons. The van der Waals surface area contributed by atoms with Crippen LogP contribution in [0.1, 0.15) is 24.0 Å². The van der Waals surface area contributed by atoms with E-state index in [1.807, 2.05) is 30.3 Å². The zero-order valence-electron chi connectivity index (χ0n) is 14.7. The summed E-state index contributed by atoms with van der Waals surface area (Å²) in [5, 5.41) is 0.503. The minimum Gasteiger partial charge on any atom is -0.489 e. The van der Waals surface area contributed by atoms with Crippen LogP contribution in [-0.2, 0) is 32.2 Å². The number of carbonyl (C=O) groups excluding carboxylic acids is 3. The molecule has 1 aliphatic rings. The highest BCUT2D eigenvalue weighted by Gasteiger charge is 2.34. The van der Waals surface area contributed by atoms with Gasteiger partial charge < -0.3 is 15.3 Å². The number of hydrogen-bond acceptors (Lipinski definition) is 6. The minimum absolute atomic E-state index is 0.0474. The fourth-order valence-corrected chi connectivity index (χ4v) is 2.62. The van der Waals surface area contributed by atoms with E-state index in [2.05, 4.69) is 0 Å². The van der Waals surface area contributed by atoms with Crippen molar-refractivity contribution >= 4 is 17.8 Å². The van der Waals surface area contributed by atoms with Gasteiger partial charge in [-0.2, -0.15) is 0 Å². The molecule has 2 aromatic rings. The van der Waals surface area contributed by atoms with Gasteiger partial charge in [0.15, 0.2) is 0 Å². The van der Waals surface area contributed by atoms with Crippen molar-refractivity contribution in [3.8, 4) is 5.75 Å². The molecule has 1 heterocycles. The predicted molar refractivity (Wildman–Crippen MR) is 96.1 cm³/mol. The van der Waals surface area contributed by atoms with Crippen molar-refractivity contribution in [3.05, 3.63) is 65.7 Å². The summed E-state index contributed by atoms with van der Waals surface area (Å²) in [7, 11) is 0. The van der Waals surface area contributed by atoms with Crippen LogP contribution in [0, 0.1) is 0 Å². The molecule has 2 amide bonds. The molecule has 0 aliphatic carbocycles. The van der Waals surface area contributed by atoms with Crippen LogP contribution in [0.25, 0.3) is 0 Å². The first-order valence-corrected chi connectivity index (χ1v) is 8.62. The van der Waals surface area contributed by atoms with Crippen molar-refractivity contribution < 1.29 is 24.0 Å². The van der Waals surface area contributed by atoms with Gasteiger partial charge >= 0.3 is 5.97 Å². The van der Waals surface area contributed by atoms with Gasteiger partial charge in [-0.25, -0.2) is 4.79 Å². The van der Waals surface area contributed by atoms with Gasteiger partial charge in [-0.05, 0) is 29.7 Å². The van der Waals surface area contributed by atoms with E-state index in [-0.39, 0.29) is 19.3 Å². The Hall–Kier alpha value is -3.19. The molecular weight excluding hydrogens is 348 g/mol. The fraction of sp³-hybridized carbons (Fsp3) is 0.250. The van der Waals surface area contributed by atoms with Crippen LogP contribution >= 0.6 is 0 Å². The third-order valence-corrected chi connectivity index (χ3v) is 4.12. The van der Waals surface area contributed by atoms with Crippen molar-refractivity contribution in [1.82, 2.24) is 5.06 Å². The first kappa shape index (κ1) is 18.6. The van der Waals surface area contributed by atoms with Gasteiger partial charge in [0.2, 0.25) is 0 Å². The van der Waals surface area contributed by atoms with Crippen molar-refractivity contribution in [2.75, 3.05) is 0 Å². The second-order valence-electron chi connectivity index (χ2n) is 6.22. The van der Waals surface area contributed by atoms with E-state index in [1.165, 1.54) is 0 Å². The molecule has 140 valence electrons.